The smallest absolute Gasteiger partial charge is 0.229 e. The lowest BCUT2D eigenvalue weighted by Crippen LogP contribution is -2.35. The first-order chi connectivity index (χ1) is 11.1. The van der Waals surface area contributed by atoms with E-state index in [0.29, 0.717) is 18.1 Å². The molecule has 0 aliphatic heterocycles. The molecule has 0 aliphatic carbocycles. The van der Waals surface area contributed by atoms with Crippen molar-refractivity contribution in [3.05, 3.63) is 65.2 Å². The Hall–Kier alpha value is -1.59. The molecule has 2 N–H and O–H groups in total. The van der Waals surface area contributed by atoms with E-state index < -0.39 is 0 Å². The molecule has 2 rings (SSSR count). The highest BCUT2D eigenvalue weighted by Crippen LogP contribution is 2.20. The largest absolute Gasteiger partial charge is 0.380 e. The fourth-order valence-corrected chi connectivity index (χ4v) is 2.40. The zero-order valence-electron chi connectivity index (χ0n) is 13.5. The number of para-hydroxylation sites is 1. The number of carbonyl (C=O) groups is 1. The molecule has 0 radical (unpaired) electrons. The Kier molecular flexibility index (Phi) is 8.79. The summed E-state index contributed by atoms with van der Waals surface area (Å²) in [6.45, 7) is 0.785. The van der Waals surface area contributed by atoms with E-state index in [2.05, 4.69) is 0 Å². The highest BCUT2D eigenvalue weighted by Gasteiger charge is 2.20. The minimum atomic E-state index is -0.279. The second kappa shape index (κ2) is 10.3. The molecule has 0 spiro atoms. The van der Waals surface area contributed by atoms with Crippen LogP contribution in [0.2, 0.25) is 5.02 Å². The number of benzene rings is 2. The van der Waals surface area contributed by atoms with Gasteiger partial charge in [-0.2, -0.15) is 0 Å². The lowest BCUT2D eigenvalue weighted by Gasteiger charge is -2.25. The van der Waals surface area contributed by atoms with Crippen molar-refractivity contribution in [3.8, 4) is 0 Å². The monoisotopic (exact) mass is 368 g/mol. The molecule has 0 saturated heterocycles. The van der Waals surface area contributed by atoms with Crippen molar-refractivity contribution >= 4 is 35.6 Å². The summed E-state index contributed by atoms with van der Waals surface area (Å²) in [6.07, 6.45) is -0.0332. The van der Waals surface area contributed by atoms with Gasteiger partial charge in [0.05, 0.1) is 19.1 Å². The van der Waals surface area contributed by atoms with Crippen LogP contribution in [-0.2, 0) is 16.1 Å². The van der Waals surface area contributed by atoms with Crippen molar-refractivity contribution < 1.29 is 9.53 Å². The molecule has 2 aromatic rings. The van der Waals surface area contributed by atoms with E-state index in [1.807, 2.05) is 54.6 Å². The number of rotatable bonds is 7. The molecule has 130 valence electrons. The van der Waals surface area contributed by atoms with Gasteiger partial charge < -0.3 is 15.4 Å². The zero-order valence-corrected chi connectivity index (χ0v) is 15.1. The Morgan fingerprint density at radius 2 is 1.79 bits per heavy atom. The third-order valence-corrected chi connectivity index (χ3v) is 3.87. The molecule has 0 aliphatic rings. The third kappa shape index (κ3) is 5.80. The fourth-order valence-electron chi connectivity index (χ4n) is 2.27. The Bertz CT molecular complexity index is 617. The topological polar surface area (TPSA) is 55.6 Å². The lowest BCUT2D eigenvalue weighted by molar-refractivity contribution is -0.121. The summed E-state index contributed by atoms with van der Waals surface area (Å²) in [5, 5.41) is 0.675. The number of ether oxygens (including phenoxy) is 1. The van der Waals surface area contributed by atoms with Crippen molar-refractivity contribution in [2.75, 3.05) is 18.6 Å². The van der Waals surface area contributed by atoms with Crippen LogP contribution in [0.5, 0.6) is 0 Å². The number of anilines is 1. The molecule has 6 heteroatoms. The number of amides is 1. The van der Waals surface area contributed by atoms with E-state index >= 15 is 0 Å². The van der Waals surface area contributed by atoms with Gasteiger partial charge in [0.2, 0.25) is 5.91 Å². The molecule has 1 atom stereocenters. The summed E-state index contributed by atoms with van der Waals surface area (Å²) < 4.78 is 5.23. The van der Waals surface area contributed by atoms with E-state index in [1.54, 1.807) is 12.0 Å². The average molecular weight is 369 g/mol. The van der Waals surface area contributed by atoms with Crippen molar-refractivity contribution in [2.24, 2.45) is 5.73 Å². The molecule has 2 aromatic carbocycles. The first-order valence-electron chi connectivity index (χ1n) is 7.46. The average Bonchev–Trinajstić information content (AvgIpc) is 2.59. The second-order valence-electron chi connectivity index (χ2n) is 5.24. The van der Waals surface area contributed by atoms with E-state index in [0.717, 1.165) is 11.3 Å². The minimum absolute atomic E-state index is 0. The van der Waals surface area contributed by atoms with Crippen LogP contribution in [0.4, 0.5) is 5.69 Å². The van der Waals surface area contributed by atoms with Gasteiger partial charge in [0.1, 0.15) is 0 Å². The van der Waals surface area contributed by atoms with E-state index in [1.165, 1.54) is 0 Å². The second-order valence-corrected chi connectivity index (χ2v) is 5.68. The van der Waals surface area contributed by atoms with Gasteiger partial charge >= 0.3 is 0 Å². The Morgan fingerprint density at radius 1 is 1.17 bits per heavy atom. The summed E-state index contributed by atoms with van der Waals surface area (Å²) >= 11 is 5.92. The summed E-state index contributed by atoms with van der Waals surface area (Å²) in [5.41, 5.74) is 7.48. The predicted octanol–water partition coefficient (Wildman–Crippen LogP) is 3.66. The lowest BCUT2D eigenvalue weighted by atomic mass is 10.1. The van der Waals surface area contributed by atoms with Crippen LogP contribution in [-0.4, -0.2) is 25.7 Å². The number of nitrogens with two attached hydrogens (primary N) is 1. The van der Waals surface area contributed by atoms with Gasteiger partial charge in [0.15, 0.2) is 0 Å². The normalized spacial score (nSPS) is 11.5. The van der Waals surface area contributed by atoms with E-state index in [-0.39, 0.29) is 30.8 Å². The molecule has 0 fully saturated rings. The number of hydrogen-bond acceptors (Lipinski definition) is 3. The zero-order chi connectivity index (χ0) is 16.7. The van der Waals surface area contributed by atoms with Gasteiger partial charge in [-0.05, 0) is 29.8 Å². The molecule has 24 heavy (non-hydrogen) atoms. The number of halogens is 2. The molecule has 0 aromatic heterocycles. The SMILES string of the molecule is COC(CN)CC(=O)N(Cc1ccc(Cl)cc1)c1ccccc1.Cl. The van der Waals surface area contributed by atoms with Crippen molar-refractivity contribution in [3.63, 3.8) is 0 Å². The Balaban J connectivity index is 0.00000288. The number of carbonyl (C=O) groups excluding carboxylic acids is 1. The van der Waals surface area contributed by atoms with Gasteiger partial charge in [0.25, 0.3) is 0 Å². The minimum Gasteiger partial charge on any atom is -0.380 e. The number of hydrogen-bond donors (Lipinski definition) is 1. The molecule has 0 bridgehead atoms. The van der Waals surface area contributed by atoms with Crippen LogP contribution in [0.3, 0.4) is 0 Å². The van der Waals surface area contributed by atoms with Crippen molar-refractivity contribution in [2.45, 2.75) is 19.1 Å². The molecule has 1 amide bonds. The number of nitrogens with zero attached hydrogens (tertiary/aromatic N) is 1. The third-order valence-electron chi connectivity index (χ3n) is 3.62. The molecule has 1 unspecified atom stereocenters. The maximum atomic E-state index is 12.7. The summed E-state index contributed by atoms with van der Waals surface area (Å²) in [5.74, 6) is -0.0246. The summed E-state index contributed by atoms with van der Waals surface area (Å²) in [4.78, 5) is 14.4. The fraction of sp³-hybridized carbons (Fsp3) is 0.278. The van der Waals surface area contributed by atoms with Gasteiger partial charge in [-0.1, -0.05) is 41.9 Å². The molecule has 0 heterocycles. The van der Waals surface area contributed by atoms with Crippen LogP contribution in [0.25, 0.3) is 0 Å². The summed E-state index contributed by atoms with van der Waals surface area (Å²) in [6, 6.07) is 17.1. The first kappa shape index (κ1) is 20.5. The van der Waals surface area contributed by atoms with Gasteiger partial charge in [-0.25, -0.2) is 0 Å². The van der Waals surface area contributed by atoms with Crippen molar-refractivity contribution in [1.82, 2.24) is 0 Å². The van der Waals surface area contributed by atoms with Gasteiger partial charge in [-0.3, -0.25) is 4.79 Å². The molecule has 4 nitrogen and oxygen atoms in total. The molecular formula is C18H22Cl2N2O2. The Morgan fingerprint density at radius 3 is 2.33 bits per heavy atom. The van der Waals surface area contributed by atoms with Crippen LogP contribution in [0, 0.1) is 0 Å². The number of methoxy groups -OCH3 is 1. The maximum Gasteiger partial charge on any atom is 0.229 e. The summed E-state index contributed by atoms with van der Waals surface area (Å²) in [7, 11) is 1.57. The molecule has 0 saturated carbocycles. The van der Waals surface area contributed by atoms with E-state index in [9.17, 15) is 4.79 Å². The Labute approximate surface area is 154 Å². The highest BCUT2D eigenvalue weighted by atomic mass is 35.5. The van der Waals surface area contributed by atoms with Crippen LogP contribution in [0.15, 0.2) is 54.6 Å². The van der Waals surface area contributed by atoms with Crippen molar-refractivity contribution in [1.29, 1.82) is 0 Å². The highest BCUT2D eigenvalue weighted by molar-refractivity contribution is 6.30. The van der Waals surface area contributed by atoms with Crippen LogP contribution >= 0.6 is 24.0 Å². The van der Waals surface area contributed by atoms with Gasteiger partial charge in [-0.15, -0.1) is 12.4 Å². The molecular weight excluding hydrogens is 347 g/mol. The predicted molar refractivity (Wildman–Crippen MR) is 101 cm³/mol. The van der Waals surface area contributed by atoms with Crippen LogP contribution in [0.1, 0.15) is 12.0 Å². The quantitative estimate of drug-likeness (QED) is 0.811. The van der Waals surface area contributed by atoms with E-state index in [4.69, 9.17) is 22.1 Å². The standard InChI is InChI=1S/C18H21ClN2O2.ClH/c1-23-17(12-20)11-18(22)21(16-5-3-2-4-6-16)13-14-7-9-15(19)10-8-14;/h2-10,17H,11-13,20H2,1H3;1H. The maximum absolute atomic E-state index is 12.7. The van der Waals surface area contributed by atoms with Crippen LogP contribution < -0.4 is 10.6 Å². The first-order valence-corrected chi connectivity index (χ1v) is 7.84. The van der Waals surface area contributed by atoms with Gasteiger partial charge in [0, 0.05) is 24.4 Å².